The molecule has 0 radical (unpaired) electrons. The van der Waals surface area contributed by atoms with Crippen LogP contribution in [0.3, 0.4) is 0 Å². The lowest BCUT2D eigenvalue weighted by molar-refractivity contribution is 0.0685. The van der Waals surface area contributed by atoms with E-state index in [1.807, 2.05) is 0 Å². The van der Waals surface area contributed by atoms with Crippen LogP contribution in [0.25, 0.3) is 6.08 Å². The monoisotopic (exact) mass is 230 g/mol. The van der Waals surface area contributed by atoms with Crippen molar-refractivity contribution in [2.75, 3.05) is 0 Å². The Balaban J connectivity index is 3.37. The number of rotatable bonds is 2. The second-order valence-electron chi connectivity index (χ2n) is 2.18. The molecular weight excluding hydrogens is 224 g/mol. The Hall–Kier alpha value is -1.10. The smallest absolute Gasteiger partial charge is 0.355 e. The summed E-state index contributed by atoms with van der Waals surface area (Å²) in [4.78, 5) is 14.6. The maximum Gasteiger partial charge on any atom is 0.355 e. The fourth-order valence-corrected chi connectivity index (χ4v) is 1.51. The molecule has 5 heteroatoms. The summed E-state index contributed by atoms with van der Waals surface area (Å²) in [7, 11) is 1.62. The number of carboxylic acids is 1. The van der Waals surface area contributed by atoms with Gasteiger partial charge in [0.1, 0.15) is 10.4 Å². The molecule has 0 aliphatic rings. The molecule has 0 aromatic carbocycles. The zero-order valence-corrected chi connectivity index (χ0v) is 8.00. The van der Waals surface area contributed by atoms with E-state index in [-0.39, 0.29) is 5.69 Å². The average molecular weight is 231 g/mol. The lowest BCUT2D eigenvalue weighted by atomic mass is 10.5. The van der Waals surface area contributed by atoms with E-state index in [1.54, 1.807) is 7.05 Å². The normalized spacial score (nSPS) is 9.83. The first-order valence-corrected chi connectivity index (χ1v) is 3.95. The summed E-state index contributed by atoms with van der Waals surface area (Å²) >= 11 is 3.05. The van der Waals surface area contributed by atoms with Crippen molar-refractivity contribution in [1.82, 2.24) is 9.55 Å². The van der Waals surface area contributed by atoms with Gasteiger partial charge in [-0.3, -0.25) is 0 Å². The van der Waals surface area contributed by atoms with Gasteiger partial charge in [-0.15, -0.1) is 0 Å². The Bertz CT molecular complexity index is 343. The van der Waals surface area contributed by atoms with Crippen molar-refractivity contribution in [2.24, 2.45) is 7.05 Å². The van der Waals surface area contributed by atoms with Crippen LogP contribution in [0.4, 0.5) is 0 Å². The van der Waals surface area contributed by atoms with Gasteiger partial charge in [0, 0.05) is 7.05 Å². The lowest BCUT2D eigenvalue weighted by Crippen LogP contribution is -2.05. The predicted molar refractivity (Wildman–Crippen MR) is 48.0 cm³/mol. The number of carbonyl (C=O) groups is 1. The third-order valence-corrected chi connectivity index (χ3v) is 2.03. The van der Waals surface area contributed by atoms with E-state index < -0.39 is 5.97 Å². The van der Waals surface area contributed by atoms with Gasteiger partial charge < -0.3 is 9.67 Å². The van der Waals surface area contributed by atoms with E-state index in [1.165, 1.54) is 10.6 Å². The van der Waals surface area contributed by atoms with E-state index in [0.717, 1.165) is 0 Å². The average Bonchev–Trinajstić information content (AvgIpc) is 2.25. The lowest BCUT2D eigenvalue weighted by Gasteiger charge is -1.97. The first-order valence-electron chi connectivity index (χ1n) is 3.16. The minimum Gasteiger partial charge on any atom is -0.476 e. The van der Waals surface area contributed by atoms with Crippen molar-refractivity contribution < 1.29 is 9.90 Å². The summed E-state index contributed by atoms with van der Waals surface area (Å²) in [5, 5.41) is 8.73. The summed E-state index contributed by atoms with van der Waals surface area (Å²) in [6.07, 6.45) is 1.50. The Kier molecular flexibility index (Phi) is 2.32. The van der Waals surface area contributed by atoms with Gasteiger partial charge in [0.15, 0.2) is 5.69 Å². The van der Waals surface area contributed by atoms with Gasteiger partial charge in [0.05, 0.1) is 0 Å². The number of imidazole rings is 1. The highest BCUT2D eigenvalue weighted by Gasteiger charge is 2.16. The molecule has 0 bridgehead atoms. The topological polar surface area (TPSA) is 55.1 Å². The van der Waals surface area contributed by atoms with E-state index in [0.29, 0.717) is 10.4 Å². The summed E-state index contributed by atoms with van der Waals surface area (Å²) in [5.41, 5.74) is 0.130. The predicted octanol–water partition coefficient (Wildman–Crippen LogP) is 1.52. The van der Waals surface area contributed by atoms with Gasteiger partial charge >= 0.3 is 5.97 Å². The number of hydrogen-bond acceptors (Lipinski definition) is 2. The highest BCUT2D eigenvalue weighted by atomic mass is 79.9. The van der Waals surface area contributed by atoms with Gasteiger partial charge in [-0.25, -0.2) is 9.78 Å². The van der Waals surface area contributed by atoms with Crippen LogP contribution in [0.15, 0.2) is 11.2 Å². The standard InChI is InChI=1S/C7H7BrN2O2/c1-3-4-9-6(8)5(7(11)12)10(4)2/h3H,1H2,2H3,(H,11,12). The molecule has 0 saturated heterocycles. The number of nitrogens with zero attached hydrogens (tertiary/aromatic N) is 2. The van der Waals surface area contributed by atoms with Gasteiger partial charge in [-0.2, -0.15) is 0 Å². The number of halogens is 1. The van der Waals surface area contributed by atoms with Gasteiger partial charge in [-0.05, 0) is 22.0 Å². The number of hydrogen-bond donors (Lipinski definition) is 1. The zero-order chi connectivity index (χ0) is 9.30. The molecule has 0 spiro atoms. The molecular formula is C7H7BrN2O2. The molecule has 12 heavy (non-hydrogen) atoms. The minimum absolute atomic E-state index is 0.130. The largest absolute Gasteiger partial charge is 0.476 e. The van der Waals surface area contributed by atoms with E-state index in [9.17, 15) is 4.79 Å². The molecule has 1 aromatic rings. The highest BCUT2D eigenvalue weighted by molar-refractivity contribution is 9.10. The Morgan fingerprint density at radius 1 is 1.83 bits per heavy atom. The summed E-state index contributed by atoms with van der Waals surface area (Å²) in [6.45, 7) is 3.51. The number of aromatic nitrogens is 2. The zero-order valence-electron chi connectivity index (χ0n) is 6.41. The van der Waals surface area contributed by atoms with Crippen molar-refractivity contribution in [3.63, 3.8) is 0 Å². The fraction of sp³-hybridized carbons (Fsp3) is 0.143. The Morgan fingerprint density at radius 3 is 2.67 bits per heavy atom. The van der Waals surface area contributed by atoms with Crippen LogP contribution >= 0.6 is 15.9 Å². The molecule has 0 aliphatic carbocycles. The summed E-state index contributed by atoms with van der Waals surface area (Å²) < 4.78 is 1.78. The molecule has 0 unspecified atom stereocenters. The van der Waals surface area contributed by atoms with E-state index in [2.05, 4.69) is 27.5 Å². The van der Waals surface area contributed by atoms with Crippen LogP contribution in [-0.2, 0) is 7.05 Å². The maximum atomic E-state index is 10.6. The molecule has 1 heterocycles. The van der Waals surface area contributed by atoms with E-state index in [4.69, 9.17) is 5.11 Å². The van der Waals surface area contributed by atoms with E-state index >= 15 is 0 Å². The van der Waals surface area contributed by atoms with Gasteiger partial charge in [-0.1, -0.05) is 6.58 Å². The van der Waals surface area contributed by atoms with Crippen LogP contribution in [0.1, 0.15) is 16.3 Å². The maximum absolute atomic E-state index is 10.6. The molecule has 1 rings (SSSR count). The highest BCUT2D eigenvalue weighted by Crippen LogP contribution is 2.17. The molecule has 0 aliphatic heterocycles. The second-order valence-corrected chi connectivity index (χ2v) is 2.93. The number of carboxylic acid groups (broad SMARTS) is 1. The minimum atomic E-state index is -1.01. The van der Waals surface area contributed by atoms with Crippen molar-refractivity contribution in [2.45, 2.75) is 0 Å². The number of aromatic carboxylic acids is 1. The molecule has 64 valence electrons. The first kappa shape index (κ1) is 8.99. The third-order valence-electron chi connectivity index (χ3n) is 1.47. The Labute approximate surface area is 77.7 Å². The summed E-state index contributed by atoms with van der Waals surface area (Å²) in [6, 6.07) is 0. The Morgan fingerprint density at radius 2 is 2.42 bits per heavy atom. The first-order chi connectivity index (χ1) is 5.57. The van der Waals surface area contributed by atoms with Crippen LogP contribution in [-0.4, -0.2) is 20.6 Å². The van der Waals surface area contributed by atoms with Crippen molar-refractivity contribution in [1.29, 1.82) is 0 Å². The molecule has 0 atom stereocenters. The van der Waals surface area contributed by atoms with Crippen LogP contribution in [0, 0.1) is 0 Å². The van der Waals surface area contributed by atoms with Crippen molar-refractivity contribution in [3.8, 4) is 0 Å². The van der Waals surface area contributed by atoms with Crippen LogP contribution < -0.4 is 0 Å². The molecule has 1 aromatic heterocycles. The van der Waals surface area contributed by atoms with Crippen LogP contribution in [0.2, 0.25) is 0 Å². The molecule has 0 saturated carbocycles. The molecule has 0 fully saturated rings. The molecule has 4 nitrogen and oxygen atoms in total. The van der Waals surface area contributed by atoms with Crippen molar-refractivity contribution >= 4 is 28.0 Å². The third kappa shape index (κ3) is 1.27. The van der Waals surface area contributed by atoms with Gasteiger partial charge in [0.2, 0.25) is 0 Å². The van der Waals surface area contributed by atoms with Gasteiger partial charge in [0.25, 0.3) is 0 Å². The summed E-state index contributed by atoms with van der Waals surface area (Å²) in [5.74, 6) is -0.482. The SMILES string of the molecule is C=Cc1nc(Br)c(C(=O)O)n1C. The quantitative estimate of drug-likeness (QED) is 0.839. The fourth-order valence-electron chi connectivity index (χ4n) is 0.896. The second kappa shape index (κ2) is 3.10. The van der Waals surface area contributed by atoms with Crippen LogP contribution in [0.5, 0.6) is 0 Å². The molecule has 0 amide bonds. The van der Waals surface area contributed by atoms with Crippen molar-refractivity contribution in [3.05, 3.63) is 22.7 Å². The molecule has 1 N–H and O–H groups in total.